The first-order valence-corrected chi connectivity index (χ1v) is 11.7. The molecule has 2 aliphatic carbocycles. The number of nitrogens with one attached hydrogen (secondary N) is 1. The van der Waals surface area contributed by atoms with Crippen LogP contribution in [-0.2, 0) is 16.0 Å². The van der Waals surface area contributed by atoms with Crippen LogP contribution in [0.2, 0.25) is 0 Å². The Morgan fingerprint density at radius 2 is 1.84 bits per heavy atom. The second-order valence-corrected chi connectivity index (χ2v) is 8.65. The third-order valence-corrected chi connectivity index (χ3v) is 6.29. The van der Waals surface area contributed by atoms with Crippen LogP contribution in [0.25, 0.3) is 0 Å². The van der Waals surface area contributed by atoms with Gasteiger partial charge in [0.15, 0.2) is 6.10 Å². The fraction of sp³-hybridized carbons (Fsp3) is 0.667. The van der Waals surface area contributed by atoms with Crippen LogP contribution in [0, 0.1) is 5.92 Å². The highest BCUT2D eigenvalue weighted by molar-refractivity contribution is 5.74. The summed E-state index contributed by atoms with van der Waals surface area (Å²) >= 11 is 0. The van der Waals surface area contributed by atoms with Gasteiger partial charge >= 0.3 is 12.0 Å². The lowest BCUT2D eigenvalue weighted by Crippen LogP contribution is -2.48. The molecule has 7 nitrogen and oxygen atoms in total. The third kappa shape index (κ3) is 7.42. The molecule has 7 heteroatoms. The van der Waals surface area contributed by atoms with E-state index in [1.54, 1.807) is 6.92 Å². The van der Waals surface area contributed by atoms with Gasteiger partial charge in [-0.15, -0.1) is 0 Å². The van der Waals surface area contributed by atoms with Crippen molar-refractivity contribution in [1.29, 1.82) is 0 Å². The summed E-state index contributed by atoms with van der Waals surface area (Å²) in [5, 5.41) is 12.4. The van der Waals surface area contributed by atoms with Crippen molar-refractivity contribution in [2.24, 2.45) is 5.92 Å². The molecule has 0 aliphatic heterocycles. The van der Waals surface area contributed by atoms with Crippen molar-refractivity contribution in [2.45, 2.75) is 70.4 Å². The Morgan fingerprint density at radius 1 is 1.13 bits per heavy atom. The number of nitrogens with zero attached hydrogens (tertiary/aromatic N) is 1. The highest BCUT2D eigenvalue weighted by atomic mass is 16.5. The number of carbonyl (C=O) groups excluding carboxylic acids is 1. The molecule has 0 spiro atoms. The highest BCUT2D eigenvalue weighted by Gasteiger charge is 2.26. The smallest absolute Gasteiger partial charge is 0.333 e. The second kappa shape index (κ2) is 11.9. The van der Waals surface area contributed by atoms with Crippen LogP contribution in [0.5, 0.6) is 5.75 Å². The molecular formula is C24H36N2O5. The van der Waals surface area contributed by atoms with Crippen LogP contribution in [-0.4, -0.2) is 60.5 Å². The number of carboxylic acids is 1. The highest BCUT2D eigenvalue weighted by Crippen LogP contribution is 2.27. The normalized spacial score (nSPS) is 17.7. The predicted molar refractivity (Wildman–Crippen MR) is 118 cm³/mol. The Balaban J connectivity index is 1.47. The fourth-order valence-electron chi connectivity index (χ4n) is 4.23. The minimum Gasteiger partial charge on any atom is -0.492 e. The molecule has 1 aromatic carbocycles. The molecule has 0 radical (unpaired) electrons. The summed E-state index contributed by atoms with van der Waals surface area (Å²) in [6.45, 7) is 3.94. The largest absolute Gasteiger partial charge is 0.492 e. The molecule has 2 saturated carbocycles. The molecule has 2 amide bonds. The van der Waals surface area contributed by atoms with Crippen molar-refractivity contribution in [1.82, 2.24) is 10.2 Å². The average Bonchev–Trinajstić information content (AvgIpc) is 3.22. The van der Waals surface area contributed by atoms with E-state index in [-0.39, 0.29) is 6.03 Å². The first-order valence-electron chi connectivity index (χ1n) is 11.7. The van der Waals surface area contributed by atoms with Gasteiger partial charge in [-0.05, 0) is 56.2 Å². The summed E-state index contributed by atoms with van der Waals surface area (Å²) in [7, 11) is 0. The summed E-state index contributed by atoms with van der Waals surface area (Å²) in [6.07, 6.45) is 7.71. The summed E-state index contributed by atoms with van der Waals surface area (Å²) in [4.78, 5) is 25.9. The Hall–Kier alpha value is -2.28. The number of benzene rings is 1. The minimum absolute atomic E-state index is 0.0355. The summed E-state index contributed by atoms with van der Waals surface area (Å²) in [5.74, 6) is 0.373. The van der Waals surface area contributed by atoms with Crippen LogP contribution >= 0.6 is 0 Å². The third-order valence-electron chi connectivity index (χ3n) is 6.29. The van der Waals surface area contributed by atoms with Gasteiger partial charge in [0.25, 0.3) is 0 Å². The number of rotatable bonds is 12. The average molecular weight is 433 g/mol. The SMILES string of the molecule is CCOC(Cc1ccc(OCCN(CC2CCC2)C(=O)NC2CCCC2)cc1)C(=O)O. The Bertz CT molecular complexity index is 698. The summed E-state index contributed by atoms with van der Waals surface area (Å²) < 4.78 is 11.1. The van der Waals surface area contributed by atoms with Gasteiger partial charge in [-0.1, -0.05) is 31.4 Å². The maximum Gasteiger partial charge on any atom is 0.333 e. The van der Waals surface area contributed by atoms with E-state index in [0.717, 1.165) is 24.9 Å². The molecule has 0 bridgehead atoms. The maximum atomic E-state index is 12.8. The van der Waals surface area contributed by atoms with Gasteiger partial charge in [0.2, 0.25) is 0 Å². The number of ether oxygens (including phenoxy) is 2. The number of aliphatic carboxylic acids is 1. The van der Waals surface area contributed by atoms with E-state index in [0.29, 0.717) is 43.9 Å². The number of amides is 2. The van der Waals surface area contributed by atoms with E-state index >= 15 is 0 Å². The summed E-state index contributed by atoms with van der Waals surface area (Å²) in [6, 6.07) is 7.76. The lowest BCUT2D eigenvalue weighted by molar-refractivity contribution is -0.149. The van der Waals surface area contributed by atoms with Crippen LogP contribution < -0.4 is 10.1 Å². The lowest BCUT2D eigenvalue weighted by atomic mass is 9.85. The van der Waals surface area contributed by atoms with Gasteiger partial charge in [-0.2, -0.15) is 0 Å². The lowest BCUT2D eigenvalue weighted by Gasteiger charge is -2.33. The van der Waals surface area contributed by atoms with E-state index < -0.39 is 12.1 Å². The molecular weight excluding hydrogens is 396 g/mol. The van der Waals surface area contributed by atoms with Crippen molar-refractivity contribution in [3.05, 3.63) is 29.8 Å². The van der Waals surface area contributed by atoms with Crippen molar-refractivity contribution in [3.63, 3.8) is 0 Å². The fourth-order valence-corrected chi connectivity index (χ4v) is 4.23. The monoisotopic (exact) mass is 432 g/mol. The molecule has 1 aromatic rings. The molecule has 1 atom stereocenters. The number of urea groups is 1. The molecule has 3 rings (SSSR count). The predicted octanol–water partition coefficient (Wildman–Crippen LogP) is 3.85. The molecule has 172 valence electrons. The van der Waals surface area contributed by atoms with E-state index in [9.17, 15) is 14.7 Å². The first kappa shape index (κ1) is 23.4. The number of carbonyl (C=O) groups is 2. The van der Waals surface area contributed by atoms with Crippen LogP contribution in [0.15, 0.2) is 24.3 Å². The molecule has 1 unspecified atom stereocenters. The van der Waals surface area contributed by atoms with E-state index in [1.165, 1.54) is 32.1 Å². The molecule has 31 heavy (non-hydrogen) atoms. The van der Waals surface area contributed by atoms with Crippen LogP contribution in [0.1, 0.15) is 57.4 Å². The van der Waals surface area contributed by atoms with Gasteiger partial charge in [-0.3, -0.25) is 0 Å². The minimum atomic E-state index is -0.954. The van der Waals surface area contributed by atoms with E-state index in [4.69, 9.17) is 9.47 Å². The zero-order valence-electron chi connectivity index (χ0n) is 18.6. The Morgan fingerprint density at radius 3 is 2.42 bits per heavy atom. The number of hydrogen-bond acceptors (Lipinski definition) is 4. The van der Waals surface area contributed by atoms with Crippen molar-refractivity contribution in [2.75, 3.05) is 26.3 Å². The van der Waals surface area contributed by atoms with Crippen molar-refractivity contribution >= 4 is 12.0 Å². The molecule has 0 aromatic heterocycles. The Kier molecular flexibility index (Phi) is 9.00. The number of carboxylic acid groups (broad SMARTS) is 1. The van der Waals surface area contributed by atoms with Gasteiger partial charge in [0, 0.05) is 25.6 Å². The van der Waals surface area contributed by atoms with E-state index in [1.807, 2.05) is 29.2 Å². The molecule has 2 N–H and O–H groups in total. The second-order valence-electron chi connectivity index (χ2n) is 8.65. The molecule has 2 fully saturated rings. The summed E-state index contributed by atoms with van der Waals surface area (Å²) in [5.41, 5.74) is 0.885. The quantitative estimate of drug-likeness (QED) is 0.524. The zero-order chi connectivity index (χ0) is 22.1. The van der Waals surface area contributed by atoms with Gasteiger partial charge in [0.1, 0.15) is 12.4 Å². The maximum absolute atomic E-state index is 12.8. The molecule has 2 aliphatic rings. The van der Waals surface area contributed by atoms with Crippen LogP contribution in [0.3, 0.4) is 0 Å². The van der Waals surface area contributed by atoms with Crippen molar-refractivity contribution in [3.8, 4) is 5.75 Å². The van der Waals surface area contributed by atoms with Gasteiger partial charge < -0.3 is 24.8 Å². The van der Waals surface area contributed by atoms with Gasteiger partial charge in [0.05, 0.1) is 6.54 Å². The van der Waals surface area contributed by atoms with E-state index in [2.05, 4.69) is 5.32 Å². The standard InChI is InChI=1S/C24H36N2O5/c1-2-30-22(23(27)28)16-18-10-12-21(13-11-18)31-15-14-26(17-19-6-5-7-19)24(29)25-20-8-3-4-9-20/h10-13,19-20,22H,2-9,14-17H2,1H3,(H,25,29)(H,27,28). The number of hydrogen-bond donors (Lipinski definition) is 2. The topological polar surface area (TPSA) is 88.1 Å². The molecule has 0 saturated heterocycles. The van der Waals surface area contributed by atoms with Crippen LogP contribution in [0.4, 0.5) is 4.79 Å². The zero-order valence-corrected chi connectivity index (χ0v) is 18.6. The van der Waals surface area contributed by atoms with Crippen molar-refractivity contribution < 1.29 is 24.2 Å². The Labute approximate surface area is 185 Å². The van der Waals surface area contributed by atoms with Gasteiger partial charge in [-0.25, -0.2) is 9.59 Å². The first-order chi connectivity index (χ1) is 15.0. The molecule has 0 heterocycles.